The van der Waals surface area contributed by atoms with E-state index in [0.29, 0.717) is 44.6 Å². The lowest BCUT2D eigenvalue weighted by Gasteiger charge is -2.34. The molecule has 2 N–H and O–H groups in total. The first-order valence-electron chi connectivity index (χ1n) is 7.38. The quantitative estimate of drug-likeness (QED) is 0.904. The summed E-state index contributed by atoms with van der Waals surface area (Å²) in [7, 11) is 0. The molecule has 3 rings (SSSR count). The van der Waals surface area contributed by atoms with Crippen molar-refractivity contribution in [3.63, 3.8) is 0 Å². The van der Waals surface area contributed by atoms with E-state index in [1.54, 1.807) is 11.8 Å². The fourth-order valence-electron chi connectivity index (χ4n) is 2.53. The number of ether oxygens (including phenoxy) is 1. The number of hydrogen-bond acceptors (Lipinski definition) is 6. The van der Waals surface area contributed by atoms with E-state index < -0.39 is 0 Å². The number of amides is 1. The van der Waals surface area contributed by atoms with Crippen molar-refractivity contribution in [2.45, 2.75) is 6.92 Å². The Morgan fingerprint density at radius 1 is 1.23 bits per heavy atom. The highest BCUT2D eigenvalue weighted by molar-refractivity contribution is 5.88. The molecule has 0 aliphatic carbocycles. The molecule has 1 saturated heterocycles. The molecule has 1 aromatic heterocycles. The lowest BCUT2D eigenvalue weighted by atomic mass is 10.2. The van der Waals surface area contributed by atoms with Gasteiger partial charge in [0.05, 0.1) is 12.1 Å². The Morgan fingerprint density at radius 2 is 1.95 bits per heavy atom. The first kappa shape index (κ1) is 14.4. The van der Waals surface area contributed by atoms with Crippen LogP contribution in [-0.2, 0) is 4.74 Å². The molecule has 0 unspecified atom stereocenters. The van der Waals surface area contributed by atoms with Gasteiger partial charge in [0.1, 0.15) is 5.82 Å². The Balaban J connectivity index is 1.75. The van der Waals surface area contributed by atoms with Gasteiger partial charge in [-0.2, -0.15) is 4.98 Å². The molecule has 1 fully saturated rings. The zero-order valence-corrected chi connectivity index (χ0v) is 12.5. The molecular formula is C15H19N5O2. The number of carbonyl (C=O) groups is 1. The molecule has 0 atom stereocenters. The molecule has 7 nitrogen and oxygen atoms in total. The van der Waals surface area contributed by atoms with E-state index in [-0.39, 0.29) is 6.09 Å². The van der Waals surface area contributed by atoms with Crippen LogP contribution in [0.4, 0.5) is 16.6 Å². The first-order chi connectivity index (χ1) is 10.7. The minimum absolute atomic E-state index is 0.263. The number of benzene rings is 1. The van der Waals surface area contributed by atoms with Crippen LogP contribution in [0.25, 0.3) is 10.9 Å². The van der Waals surface area contributed by atoms with Gasteiger partial charge < -0.3 is 20.3 Å². The maximum Gasteiger partial charge on any atom is 0.409 e. The number of para-hydroxylation sites is 1. The second kappa shape index (κ2) is 6.05. The number of anilines is 2. The van der Waals surface area contributed by atoms with Crippen LogP contribution in [0.2, 0.25) is 0 Å². The smallest absolute Gasteiger partial charge is 0.409 e. The van der Waals surface area contributed by atoms with Crippen LogP contribution >= 0.6 is 0 Å². The Bertz CT molecular complexity index is 683. The molecule has 1 aromatic carbocycles. The zero-order valence-electron chi connectivity index (χ0n) is 12.5. The summed E-state index contributed by atoms with van der Waals surface area (Å²) in [6.07, 6.45) is -0.263. The number of carbonyl (C=O) groups excluding carboxylic acids is 1. The molecule has 0 radical (unpaired) electrons. The number of nitrogen functional groups attached to an aromatic ring is 1. The van der Waals surface area contributed by atoms with Crippen molar-refractivity contribution >= 4 is 28.8 Å². The number of nitrogens with zero attached hydrogens (tertiary/aromatic N) is 4. The Hall–Kier alpha value is -2.57. The monoisotopic (exact) mass is 301 g/mol. The average Bonchev–Trinajstić information content (AvgIpc) is 2.55. The highest BCUT2D eigenvalue weighted by atomic mass is 16.6. The molecular weight excluding hydrogens is 282 g/mol. The summed E-state index contributed by atoms with van der Waals surface area (Å²) in [6.45, 7) is 4.71. The van der Waals surface area contributed by atoms with Crippen LogP contribution in [-0.4, -0.2) is 53.7 Å². The van der Waals surface area contributed by atoms with Gasteiger partial charge in [-0.05, 0) is 19.1 Å². The molecule has 2 heterocycles. The third-order valence-electron chi connectivity index (χ3n) is 3.71. The van der Waals surface area contributed by atoms with E-state index in [1.807, 2.05) is 29.2 Å². The minimum atomic E-state index is -0.263. The topological polar surface area (TPSA) is 84.6 Å². The van der Waals surface area contributed by atoms with Crippen LogP contribution in [0, 0.1) is 0 Å². The van der Waals surface area contributed by atoms with Gasteiger partial charge in [-0.25, -0.2) is 9.78 Å². The minimum Gasteiger partial charge on any atom is -0.450 e. The largest absolute Gasteiger partial charge is 0.450 e. The van der Waals surface area contributed by atoms with Crippen molar-refractivity contribution in [2.75, 3.05) is 43.4 Å². The fraction of sp³-hybridized carbons (Fsp3) is 0.400. The molecule has 1 amide bonds. The van der Waals surface area contributed by atoms with Crippen LogP contribution < -0.4 is 10.6 Å². The molecule has 0 saturated carbocycles. The summed E-state index contributed by atoms with van der Waals surface area (Å²) in [4.78, 5) is 24.4. The van der Waals surface area contributed by atoms with Gasteiger partial charge in [-0.3, -0.25) is 0 Å². The predicted octanol–water partition coefficient (Wildman–Crippen LogP) is 1.49. The van der Waals surface area contributed by atoms with Crippen molar-refractivity contribution in [3.05, 3.63) is 24.3 Å². The van der Waals surface area contributed by atoms with Crippen molar-refractivity contribution in [3.8, 4) is 0 Å². The molecule has 22 heavy (non-hydrogen) atoms. The summed E-state index contributed by atoms with van der Waals surface area (Å²) >= 11 is 0. The summed E-state index contributed by atoms with van der Waals surface area (Å²) in [6, 6.07) is 7.68. The Labute approximate surface area is 128 Å². The van der Waals surface area contributed by atoms with Crippen LogP contribution in [0.5, 0.6) is 0 Å². The standard InChI is InChI=1S/C15H19N5O2/c1-2-22-15(21)20-9-7-19(8-10-20)14-17-12-6-4-3-5-11(12)13(16)18-14/h3-6H,2,7-10H2,1H3,(H2,16,17,18). The Kier molecular flexibility index (Phi) is 3.95. The van der Waals surface area contributed by atoms with Gasteiger partial charge in [-0.1, -0.05) is 12.1 Å². The van der Waals surface area contributed by atoms with Crippen molar-refractivity contribution in [1.29, 1.82) is 0 Å². The van der Waals surface area contributed by atoms with E-state index in [9.17, 15) is 4.79 Å². The lowest BCUT2D eigenvalue weighted by molar-refractivity contribution is 0.105. The number of rotatable bonds is 2. The fourth-order valence-corrected chi connectivity index (χ4v) is 2.53. The summed E-state index contributed by atoms with van der Waals surface area (Å²) in [5.41, 5.74) is 6.85. The van der Waals surface area contributed by atoms with Gasteiger partial charge in [0.2, 0.25) is 5.95 Å². The number of nitrogens with two attached hydrogens (primary N) is 1. The van der Waals surface area contributed by atoms with Gasteiger partial charge >= 0.3 is 6.09 Å². The number of piperazine rings is 1. The van der Waals surface area contributed by atoms with Crippen LogP contribution in [0.3, 0.4) is 0 Å². The summed E-state index contributed by atoms with van der Waals surface area (Å²) in [5, 5.41) is 0.858. The van der Waals surface area contributed by atoms with E-state index in [0.717, 1.165) is 10.9 Å². The zero-order chi connectivity index (χ0) is 15.5. The maximum atomic E-state index is 11.7. The van der Waals surface area contributed by atoms with Crippen LogP contribution in [0.15, 0.2) is 24.3 Å². The highest BCUT2D eigenvalue weighted by Gasteiger charge is 2.23. The van der Waals surface area contributed by atoms with Crippen molar-refractivity contribution < 1.29 is 9.53 Å². The van der Waals surface area contributed by atoms with Crippen molar-refractivity contribution in [2.24, 2.45) is 0 Å². The van der Waals surface area contributed by atoms with E-state index in [4.69, 9.17) is 10.5 Å². The second-order valence-corrected chi connectivity index (χ2v) is 5.10. The van der Waals surface area contributed by atoms with E-state index in [1.165, 1.54) is 0 Å². The van der Waals surface area contributed by atoms with Gasteiger partial charge in [-0.15, -0.1) is 0 Å². The maximum absolute atomic E-state index is 11.7. The third kappa shape index (κ3) is 2.74. The second-order valence-electron chi connectivity index (χ2n) is 5.10. The molecule has 1 aliphatic rings. The predicted molar refractivity (Wildman–Crippen MR) is 84.8 cm³/mol. The van der Waals surface area contributed by atoms with Gasteiger partial charge in [0, 0.05) is 31.6 Å². The third-order valence-corrected chi connectivity index (χ3v) is 3.71. The molecule has 7 heteroatoms. The molecule has 116 valence electrons. The number of aromatic nitrogens is 2. The Morgan fingerprint density at radius 3 is 2.68 bits per heavy atom. The van der Waals surface area contributed by atoms with Crippen molar-refractivity contribution in [1.82, 2.24) is 14.9 Å². The van der Waals surface area contributed by atoms with E-state index in [2.05, 4.69) is 9.97 Å². The average molecular weight is 301 g/mol. The normalized spacial score (nSPS) is 15.1. The lowest BCUT2D eigenvalue weighted by Crippen LogP contribution is -2.49. The number of fused-ring (bicyclic) bond motifs is 1. The van der Waals surface area contributed by atoms with Crippen LogP contribution in [0.1, 0.15) is 6.92 Å². The molecule has 1 aliphatic heterocycles. The SMILES string of the molecule is CCOC(=O)N1CCN(c2nc(N)c3ccccc3n2)CC1. The molecule has 2 aromatic rings. The summed E-state index contributed by atoms with van der Waals surface area (Å²) in [5.74, 6) is 1.09. The molecule has 0 bridgehead atoms. The molecule has 0 spiro atoms. The summed E-state index contributed by atoms with van der Waals surface area (Å²) < 4.78 is 5.02. The van der Waals surface area contributed by atoms with E-state index >= 15 is 0 Å². The van der Waals surface area contributed by atoms with Gasteiger partial charge in [0.15, 0.2) is 0 Å². The van der Waals surface area contributed by atoms with Gasteiger partial charge in [0.25, 0.3) is 0 Å². The first-order valence-corrected chi connectivity index (χ1v) is 7.38. The number of hydrogen-bond donors (Lipinski definition) is 1. The highest BCUT2D eigenvalue weighted by Crippen LogP contribution is 2.21.